The number of carboxylic acids is 1. The molecule has 0 fully saturated rings. The van der Waals surface area contributed by atoms with Gasteiger partial charge in [0.2, 0.25) is 0 Å². The van der Waals surface area contributed by atoms with Crippen LogP contribution in [0.4, 0.5) is 0 Å². The molecule has 0 saturated carbocycles. The number of aliphatic carboxylic acids is 1. The van der Waals surface area contributed by atoms with Crippen LogP contribution in [0.3, 0.4) is 0 Å². The van der Waals surface area contributed by atoms with Gasteiger partial charge in [-0.15, -0.1) is 0 Å². The third-order valence-corrected chi connectivity index (χ3v) is 3.32. The van der Waals surface area contributed by atoms with Crippen LogP contribution in [-0.4, -0.2) is 26.8 Å². The highest BCUT2D eigenvalue weighted by Gasteiger charge is 2.12. The van der Waals surface area contributed by atoms with E-state index in [4.69, 9.17) is 5.11 Å². The van der Waals surface area contributed by atoms with E-state index in [1.165, 1.54) is 5.56 Å². The molecule has 0 aromatic carbocycles. The molecule has 2 heterocycles. The molecule has 0 aliphatic carbocycles. The summed E-state index contributed by atoms with van der Waals surface area (Å²) in [6.07, 6.45) is 3.34. The fourth-order valence-electron chi connectivity index (χ4n) is 1.51. The lowest BCUT2D eigenvalue weighted by atomic mass is 10.2. The molecule has 0 radical (unpaired) electrons. The van der Waals surface area contributed by atoms with Crippen LogP contribution in [0, 0.1) is 0 Å². The largest absolute Gasteiger partial charge is 0.481 e. The summed E-state index contributed by atoms with van der Waals surface area (Å²) in [6.45, 7) is 0. The van der Waals surface area contributed by atoms with Crippen molar-refractivity contribution < 1.29 is 9.90 Å². The standard InChI is InChI=1S/C10H12N2O2S/c13-10(14)2-1-9-11-5-7-6-15-4-3-8(7)12-9/h5H,1-4,6H2,(H,13,14). The van der Waals surface area contributed by atoms with Gasteiger partial charge in [0.15, 0.2) is 0 Å². The highest BCUT2D eigenvalue weighted by Crippen LogP contribution is 2.22. The van der Waals surface area contributed by atoms with E-state index in [-0.39, 0.29) is 6.42 Å². The van der Waals surface area contributed by atoms with Gasteiger partial charge >= 0.3 is 5.97 Å². The molecular weight excluding hydrogens is 212 g/mol. The Morgan fingerprint density at radius 3 is 3.27 bits per heavy atom. The second-order valence-electron chi connectivity index (χ2n) is 3.45. The van der Waals surface area contributed by atoms with Crippen LogP contribution in [0.1, 0.15) is 23.5 Å². The SMILES string of the molecule is O=C(O)CCc1ncc2c(n1)CCSC2. The predicted molar refractivity (Wildman–Crippen MR) is 57.9 cm³/mol. The minimum Gasteiger partial charge on any atom is -0.481 e. The Morgan fingerprint density at radius 2 is 2.47 bits per heavy atom. The Kier molecular flexibility index (Phi) is 3.20. The summed E-state index contributed by atoms with van der Waals surface area (Å²) in [5.74, 6) is 1.94. The van der Waals surface area contributed by atoms with Gasteiger partial charge in [-0.3, -0.25) is 4.79 Å². The van der Waals surface area contributed by atoms with Gasteiger partial charge in [-0.1, -0.05) is 0 Å². The normalized spacial score (nSPS) is 14.7. The second-order valence-corrected chi connectivity index (χ2v) is 4.56. The van der Waals surface area contributed by atoms with Crippen molar-refractivity contribution in [3.63, 3.8) is 0 Å². The van der Waals surface area contributed by atoms with Crippen molar-refractivity contribution in [2.45, 2.75) is 25.0 Å². The molecular formula is C10H12N2O2S. The van der Waals surface area contributed by atoms with Crippen molar-refractivity contribution in [2.75, 3.05) is 5.75 Å². The molecule has 1 aliphatic heterocycles. The number of fused-ring (bicyclic) bond motifs is 1. The minimum atomic E-state index is -0.799. The van der Waals surface area contributed by atoms with Crippen molar-refractivity contribution in [1.29, 1.82) is 0 Å². The minimum absolute atomic E-state index is 0.105. The zero-order chi connectivity index (χ0) is 10.7. The van der Waals surface area contributed by atoms with E-state index in [2.05, 4.69) is 9.97 Å². The number of carboxylic acid groups (broad SMARTS) is 1. The summed E-state index contributed by atoms with van der Waals surface area (Å²) < 4.78 is 0. The van der Waals surface area contributed by atoms with Crippen molar-refractivity contribution >= 4 is 17.7 Å². The first kappa shape index (κ1) is 10.4. The van der Waals surface area contributed by atoms with Crippen LogP contribution >= 0.6 is 11.8 Å². The molecule has 1 aromatic heterocycles. The number of nitrogens with zero attached hydrogens (tertiary/aromatic N) is 2. The summed E-state index contributed by atoms with van der Waals surface area (Å²) in [5.41, 5.74) is 2.30. The first-order valence-corrected chi connectivity index (χ1v) is 6.04. The maximum absolute atomic E-state index is 10.4. The number of carbonyl (C=O) groups is 1. The number of aromatic nitrogens is 2. The summed E-state index contributed by atoms with van der Waals surface area (Å²) in [5, 5.41) is 8.55. The zero-order valence-electron chi connectivity index (χ0n) is 8.27. The third-order valence-electron chi connectivity index (χ3n) is 2.31. The van der Waals surface area contributed by atoms with Crippen molar-refractivity contribution in [2.24, 2.45) is 0 Å². The molecule has 0 bridgehead atoms. The summed E-state index contributed by atoms with van der Waals surface area (Å²) >= 11 is 1.89. The third kappa shape index (κ3) is 2.68. The van der Waals surface area contributed by atoms with Gasteiger partial charge in [0, 0.05) is 29.6 Å². The fraction of sp³-hybridized carbons (Fsp3) is 0.500. The molecule has 0 spiro atoms. The molecule has 80 valence electrons. The molecule has 1 N–H and O–H groups in total. The highest BCUT2D eigenvalue weighted by molar-refractivity contribution is 7.98. The highest BCUT2D eigenvalue weighted by atomic mass is 32.2. The van der Waals surface area contributed by atoms with Gasteiger partial charge in [-0.2, -0.15) is 11.8 Å². The predicted octanol–water partition coefficient (Wildman–Crippen LogP) is 1.28. The topological polar surface area (TPSA) is 63.1 Å². The van der Waals surface area contributed by atoms with Crippen LogP contribution in [0.5, 0.6) is 0 Å². The van der Waals surface area contributed by atoms with Crippen LogP contribution in [0.25, 0.3) is 0 Å². The Balaban J connectivity index is 2.10. The van der Waals surface area contributed by atoms with E-state index < -0.39 is 5.97 Å². The van der Waals surface area contributed by atoms with E-state index in [9.17, 15) is 4.79 Å². The summed E-state index contributed by atoms with van der Waals surface area (Å²) in [7, 11) is 0. The van der Waals surface area contributed by atoms with Gasteiger partial charge in [0.05, 0.1) is 6.42 Å². The number of hydrogen-bond donors (Lipinski definition) is 1. The molecule has 0 saturated heterocycles. The summed E-state index contributed by atoms with van der Waals surface area (Å²) in [6, 6.07) is 0. The first-order chi connectivity index (χ1) is 7.25. The Morgan fingerprint density at radius 1 is 1.60 bits per heavy atom. The van der Waals surface area contributed by atoms with Crippen LogP contribution in [0.15, 0.2) is 6.20 Å². The summed E-state index contributed by atoms with van der Waals surface area (Å²) in [4.78, 5) is 19.0. The number of hydrogen-bond acceptors (Lipinski definition) is 4. The van der Waals surface area contributed by atoms with Crippen molar-refractivity contribution in [3.8, 4) is 0 Å². The number of aryl methyl sites for hydroxylation is 2. The van der Waals surface area contributed by atoms with Gasteiger partial charge in [-0.25, -0.2) is 9.97 Å². The lowest BCUT2D eigenvalue weighted by Gasteiger charge is -2.14. The van der Waals surface area contributed by atoms with E-state index in [1.54, 1.807) is 0 Å². The molecule has 1 aliphatic rings. The Bertz CT molecular complexity index is 382. The Labute approximate surface area is 92.1 Å². The lowest BCUT2D eigenvalue weighted by molar-refractivity contribution is -0.137. The van der Waals surface area contributed by atoms with Gasteiger partial charge < -0.3 is 5.11 Å². The molecule has 15 heavy (non-hydrogen) atoms. The average molecular weight is 224 g/mol. The van der Waals surface area contributed by atoms with Crippen LogP contribution in [-0.2, 0) is 23.4 Å². The second kappa shape index (κ2) is 4.61. The number of rotatable bonds is 3. The van der Waals surface area contributed by atoms with Gasteiger partial charge in [0.1, 0.15) is 5.82 Å². The monoisotopic (exact) mass is 224 g/mol. The fourth-order valence-corrected chi connectivity index (χ4v) is 2.45. The lowest BCUT2D eigenvalue weighted by Crippen LogP contribution is -2.10. The van der Waals surface area contributed by atoms with E-state index >= 15 is 0 Å². The maximum atomic E-state index is 10.4. The molecule has 0 amide bonds. The zero-order valence-corrected chi connectivity index (χ0v) is 9.09. The molecule has 4 nitrogen and oxygen atoms in total. The van der Waals surface area contributed by atoms with E-state index in [1.807, 2.05) is 18.0 Å². The van der Waals surface area contributed by atoms with Crippen LogP contribution < -0.4 is 0 Å². The average Bonchev–Trinajstić information content (AvgIpc) is 2.26. The van der Waals surface area contributed by atoms with Crippen molar-refractivity contribution in [1.82, 2.24) is 9.97 Å². The van der Waals surface area contributed by atoms with Gasteiger partial charge in [-0.05, 0) is 12.2 Å². The molecule has 1 aromatic rings. The van der Waals surface area contributed by atoms with Crippen LogP contribution in [0.2, 0.25) is 0 Å². The van der Waals surface area contributed by atoms with E-state index in [0.717, 1.165) is 23.6 Å². The smallest absolute Gasteiger partial charge is 0.303 e. The molecule has 0 atom stereocenters. The number of thioether (sulfide) groups is 1. The molecule has 0 unspecified atom stereocenters. The Hall–Kier alpha value is -1.10. The van der Waals surface area contributed by atoms with Gasteiger partial charge in [0.25, 0.3) is 0 Å². The maximum Gasteiger partial charge on any atom is 0.303 e. The van der Waals surface area contributed by atoms with Crippen molar-refractivity contribution in [3.05, 3.63) is 23.3 Å². The first-order valence-electron chi connectivity index (χ1n) is 4.89. The quantitative estimate of drug-likeness (QED) is 0.838. The molecule has 5 heteroatoms. The van der Waals surface area contributed by atoms with E-state index in [0.29, 0.717) is 12.2 Å². The molecule has 2 rings (SSSR count).